The van der Waals surface area contributed by atoms with Gasteiger partial charge in [-0.05, 0) is 49.2 Å². The topological polar surface area (TPSA) is 108 Å². The van der Waals surface area contributed by atoms with Gasteiger partial charge in [0.25, 0.3) is 5.91 Å². The smallest absolute Gasteiger partial charge is 0.335 e. The van der Waals surface area contributed by atoms with Crippen molar-refractivity contribution in [2.24, 2.45) is 0 Å². The van der Waals surface area contributed by atoms with Crippen LogP contribution in [0.5, 0.6) is 0 Å². The Kier molecular flexibility index (Phi) is 3.96. The van der Waals surface area contributed by atoms with Crippen LogP contribution in [0.15, 0.2) is 48.5 Å². The summed E-state index contributed by atoms with van der Waals surface area (Å²) in [5, 5.41) is 18.9. The van der Waals surface area contributed by atoms with E-state index in [1.165, 1.54) is 24.3 Å². The lowest BCUT2D eigenvalue weighted by Crippen LogP contribution is -2.12. The van der Waals surface area contributed by atoms with Gasteiger partial charge in [-0.25, -0.2) is 9.78 Å². The summed E-state index contributed by atoms with van der Waals surface area (Å²) in [4.78, 5) is 27.7. The average molecular weight is 348 g/mol. The second-order valence-electron chi connectivity index (χ2n) is 6.24. The Morgan fingerprint density at radius 1 is 1.08 bits per heavy atom. The first-order valence-corrected chi connectivity index (χ1v) is 8.27. The van der Waals surface area contributed by atoms with Crippen LogP contribution in [-0.2, 0) is 0 Å². The van der Waals surface area contributed by atoms with Crippen LogP contribution in [-0.4, -0.2) is 32.2 Å². The molecule has 7 heteroatoms. The molecule has 1 heterocycles. The number of benzene rings is 2. The summed E-state index contributed by atoms with van der Waals surface area (Å²) in [5.74, 6) is 0.671. The number of carbonyl (C=O) groups is 2. The molecule has 7 nitrogen and oxygen atoms in total. The predicted molar refractivity (Wildman–Crippen MR) is 95.1 cm³/mol. The van der Waals surface area contributed by atoms with Crippen LogP contribution >= 0.6 is 0 Å². The van der Waals surface area contributed by atoms with Crippen molar-refractivity contribution in [3.63, 3.8) is 0 Å². The molecule has 1 aliphatic carbocycles. The van der Waals surface area contributed by atoms with E-state index in [0.29, 0.717) is 23.0 Å². The van der Waals surface area contributed by atoms with E-state index in [1.54, 1.807) is 6.07 Å². The van der Waals surface area contributed by atoms with Gasteiger partial charge in [0, 0.05) is 22.7 Å². The Balaban J connectivity index is 1.50. The van der Waals surface area contributed by atoms with Crippen molar-refractivity contribution in [1.82, 2.24) is 15.2 Å². The highest BCUT2D eigenvalue weighted by Crippen LogP contribution is 2.38. The van der Waals surface area contributed by atoms with E-state index in [1.807, 2.05) is 18.2 Å². The summed E-state index contributed by atoms with van der Waals surface area (Å²) in [6.45, 7) is 0. The first-order valence-electron chi connectivity index (χ1n) is 8.27. The van der Waals surface area contributed by atoms with Gasteiger partial charge < -0.3 is 10.4 Å². The summed E-state index contributed by atoms with van der Waals surface area (Å²) in [6, 6.07) is 13.1. The molecule has 1 fully saturated rings. The Hall–Kier alpha value is -3.48. The zero-order chi connectivity index (χ0) is 18.1. The predicted octanol–water partition coefficient (Wildman–Crippen LogP) is 3.30. The van der Waals surface area contributed by atoms with Crippen LogP contribution in [0.3, 0.4) is 0 Å². The Morgan fingerprint density at radius 3 is 2.50 bits per heavy atom. The molecule has 0 bridgehead atoms. The number of aromatic amines is 1. The molecule has 1 aromatic heterocycles. The molecular weight excluding hydrogens is 332 g/mol. The largest absolute Gasteiger partial charge is 0.478 e. The summed E-state index contributed by atoms with van der Waals surface area (Å²) >= 11 is 0. The number of carboxylic acids is 1. The van der Waals surface area contributed by atoms with Gasteiger partial charge >= 0.3 is 5.97 Å². The highest BCUT2D eigenvalue weighted by Gasteiger charge is 2.27. The van der Waals surface area contributed by atoms with Crippen LogP contribution in [0.25, 0.3) is 11.4 Å². The molecule has 0 spiro atoms. The van der Waals surface area contributed by atoms with Gasteiger partial charge in [-0.15, -0.1) is 0 Å². The molecule has 0 aliphatic heterocycles. The first kappa shape index (κ1) is 16.0. The number of nitrogens with one attached hydrogen (secondary N) is 2. The summed E-state index contributed by atoms with van der Waals surface area (Å²) in [6.07, 6.45) is 2.29. The normalized spacial score (nSPS) is 13.4. The van der Waals surface area contributed by atoms with Gasteiger partial charge in [0.1, 0.15) is 5.82 Å². The molecule has 0 saturated heterocycles. The molecule has 26 heavy (non-hydrogen) atoms. The van der Waals surface area contributed by atoms with Crippen LogP contribution in [0.2, 0.25) is 0 Å². The maximum Gasteiger partial charge on any atom is 0.335 e. The molecule has 1 amide bonds. The van der Waals surface area contributed by atoms with E-state index < -0.39 is 5.97 Å². The Bertz CT molecular complexity index is 974. The molecule has 2 aromatic carbocycles. The summed E-state index contributed by atoms with van der Waals surface area (Å²) in [5.41, 5.74) is 1.95. The molecule has 130 valence electrons. The quantitative estimate of drug-likeness (QED) is 0.655. The minimum Gasteiger partial charge on any atom is -0.478 e. The fourth-order valence-corrected chi connectivity index (χ4v) is 2.65. The number of aromatic nitrogens is 3. The van der Waals surface area contributed by atoms with Crippen LogP contribution in [0.4, 0.5) is 5.69 Å². The third-order valence-corrected chi connectivity index (χ3v) is 4.24. The molecule has 0 atom stereocenters. The minimum atomic E-state index is -1.03. The molecule has 1 aliphatic rings. The monoisotopic (exact) mass is 348 g/mol. The highest BCUT2D eigenvalue weighted by atomic mass is 16.4. The number of rotatable bonds is 5. The van der Waals surface area contributed by atoms with E-state index in [2.05, 4.69) is 20.5 Å². The van der Waals surface area contributed by atoms with Crippen LogP contribution in [0.1, 0.15) is 45.3 Å². The second kappa shape index (κ2) is 6.44. The van der Waals surface area contributed by atoms with Gasteiger partial charge in [0.2, 0.25) is 0 Å². The average Bonchev–Trinajstić information content (AvgIpc) is 3.39. The molecule has 0 radical (unpaired) electrons. The van der Waals surface area contributed by atoms with Crippen molar-refractivity contribution in [1.29, 1.82) is 0 Å². The first-order chi connectivity index (χ1) is 12.6. The number of amides is 1. The van der Waals surface area contributed by atoms with Gasteiger partial charge in [0.05, 0.1) is 5.56 Å². The van der Waals surface area contributed by atoms with Crippen molar-refractivity contribution in [2.75, 3.05) is 5.32 Å². The fraction of sp³-hybridized carbons (Fsp3) is 0.158. The maximum absolute atomic E-state index is 12.3. The summed E-state index contributed by atoms with van der Waals surface area (Å²) in [7, 11) is 0. The van der Waals surface area contributed by atoms with E-state index >= 15 is 0 Å². The van der Waals surface area contributed by atoms with Crippen molar-refractivity contribution in [2.45, 2.75) is 18.8 Å². The zero-order valence-electron chi connectivity index (χ0n) is 13.8. The lowest BCUT2D eigenvalue weighted by molar-refractivity contribution is 0.0696. The van der Waals surface area contributed by atoms with E-state index in [4.69, 9.17) is 5.11 Å². The molecular formula is C19H16N4O3. The van der Waals surface area contributed by atoms with Gasteiger partial charge in [-0.1, -0.05) is 12.1 Å². The number of H-pyrrole nitrogens is 1. The van der Waals surface area contributed by atoms with Gasteiger partial charge in [0.15, 0.2) is 5.82 Å². The number of nitrogens with zero attached hydrogens (tertiary/aromatic N) is 2. The Morgan fingerprint density at radius 2 is 1.81 bits per heavy atom. The van der Waals surface area contributed by atoms with E-state index in [9.17, 15) is 9.59 Å². The van der Waals surface area contributed by atoms with Gasteiger partial charge in [-0.2, -0.15) is 5.10 Å². The van der Waals surface area contributed by atoms with E-state index in [-0.39, 0.29) is 11.5 Å². The van der Waals surface area contributed by atoms with Crippen molar-refractivity contribution < 1.29 is 14.7 Å². The number of aromatic carboxylic acids is 1. The zero-order valence-corrected chi connectivity index (χ0v) is 13.8. The van der Waals surface area contributed by atoms with Crippen molar-refractivity contribution in [3.05, 3.63) is 65.5 Å². The van der Waals surface area contributed by atoms with Crippen LogP contribution < -0.4 is 5.32 Å². The molecule has 4 rings (SSSR count). The number of carboxylic acid groups (broad SMARTS) is 1. The highest BCUT2D eigenvalue weighted by molar-refractivity contribution is 6.05. The summed E-state index contributed by atoms with van der Waals surface area (Å²) < 4.78 is 0. The van der Waals surface area contributed by atoms with Crippen LogP contribution in [0, 0.1) is 0 Å². The Labute approximate surface area is 149 Å². The van der Waals surface area contributed by atoms with Gasteiger partial charge in [-0.3, -0.25) is 9.89 Å². The molecule has 3 N–H and O–H groups in total. The SMILES string of the molecule is O=C(O)c1ccc(C(=O)Nc2cccc(-c3n[nH]c(C4CC4)n3)c2)cc1. The standard InChI is InChI=1S/C19H16N4O3/c24-18(12-6-8-13(9-7-12)19(25)26)20-15-3-1-2-14(10-15)17-21-16(22-23-17)11-4-5-11/h1-3,6-11H,4-5H2,(H,20,24)(H,25,26)(H,21,22,23). The number of carbonyl (C=O) groups excluding carboxylic acids is 1. The van der Waals surface area contributed by atoms with E-state index in [0.717, 1.165) is 24.2 Å². The third kappa shape index (κ3) is 3.32. The lowest BCUT2D eigenvalue weighted by atomic mass is 10.1. The fourth-order valence-electron chi connectivity index (χ4n) is 2.65. The number of anilines is 1. The maximum atomic E-state index is 12.3. The number of hydrogen-bond donors (Lipinski definition) is 3. The molecule has 0 unspecified atom stereocenters. The number of hydrogen-bond acceptors (Lipinski definition) is 4. The molecule has 1 saturated carbocycles. The lowest BCUT2D eigenvalue weighted by Gasteiger charge is -2.06. The second-order valence-corrected chi connectivity index (χ2v) is 6.24. The third-order valence-electron chi connectivity index (χ3n) is 4.24. The minimum absolute atomic E-state index is 0.139. The van der Waals surface area contributed by atoms with Crippen molar-refractivity contribution >= 4 is 17.6 Å². The van der Waals surface area contributed by atoms with Crippen molar-refractivity contribution in [3.8, 4) is 11.4 Å². The molecule has 3 aromatic rings.